The number of alkyl halides is 3. The molecule has 0 atom stereocenters. The molecule has 0 fully saturated rings. The Labute approximate surface area is 87.9 Å². The number of hydrogen-bond acceptors (Lipinski definition) is 2. The van der Waals surface area contributed by atoms with Gasteiger partial charge >= 0.3 is 12.3 Å². The number of aromatic carboxylic acids is 1. The van der Waals surface area contributed by atoms with Crippen LogP contribution in [0.5, 0.6) is 0 Å². The molecule has 16 heavy (non-hydrogen) atoms. The molecule has 0 aliphatic rings. The van der Waals surface area contributed by atoms with Crippen molar-refractivity contribution in [1.82, 2.24) is 4.57 Å². The topological polar surface area (TPSA) is 59.3 Å². The molecule has 0 radical (unpaired) electrons. The Morgan fingerprint density at radius 2 is 2.00 bits per heavy atom. The zero-order valence-electron chi connectivity index (χ0n) is 8.21. The smallest absolute Gasteiger partial charge is 0.478 e. The van der Waals surface area contributed by atoms with E-state index in [0.29, 0.717) is 6.07 Å². The van der Waals surface area contributed by atoms with E-state index in [1.165, 1.54) is 6.92 Å². The van der Waals surface area contributed by atoms with E-state index in [1.54, 1.807) is 0 Å². The first kappa shape index (κ1) is 12.3. The summed E-state index contributed by atoms with van der Waals surface area (Å²) in [6, 6.07) is 1.30. The molecular weight excluding hydrogens is 227 g/mol. The third-order valence-electron chi connectivity index (χ3n) is 1.97. The Morgan fingerprint density at radius 3 is 2.38 bits per heavy atom. The SMILES string of the molecule is CCc1cc(C(=O)O)cc(=O)n1C(F)(F)F. The summed E-state index contributed by atoms with van der Waals surface area (Å²) in [6.45, 7) is 1.41. The number of aryl methyl sites for hydroxylation is 1. The van der Waals surface area contributed by atoms with E-state index in [2.05, 4.69) is 0 Å². The second-order valence-electron chi connectivity index (χ2n) is 3.04. The number of aromatic nitrogens is 1. The summed E-state index contributed by atoms with van der Waals surface area (Å²) in [5, 5.41) is 8.59. The number of hydrogen-bond donors (Lipinski definition) is 1. The molecule has 0 bridgehead atoms. The first-order valence-electron chi connectivity index (χ1n) is 4.33. The lowest BCUT2D eigenvalue weighted by Crippen LogP contribution is -2.33. The highest BCUT2D eigenvalue weighted by Gasteiger charge is 2.34. The number of rotatable bonds is 2. The number of pyridine rings is 1. The molecule has 1 rings (SSSR count). The van der Waals surface area contributed by atoms with E-state index < -0.39 is 23.4 Å². The van der Waals surface area contributed by atoms with Crippen LogP contribution >= 0.6 is 0 Å². The Balaban J connectivity index is 3.53. The minimum Gasteiger partial charge on any atom is -0.478 e. The number of carboxylic acid groups (broad SMARTS) is 1. The third kappa shape index (κ3) is 2.23. The molecule has 0 aliphatic heterocycles. The lowest BCUT2D eigenvalue weighted by Gasteiger charge is -2.14. The van der Waals surface area contributed by atoms with Gasteiger partial charge in [-0.1, -0.05) is 6.92 Å². The van der Waals surface area contributed by atoms with Crippen molar-refractivity contribution in [2.45, 2.75) is 19.6 Å². The highest BCUT2D eigenvalue weighted by atomic mass is 19.4. The van der Waals surface area contributed by atoms with Crippen LogP contribution in [-0.2, 0) is 12.7 Å². The first-order valence-corrected chi connectivity index (χ1v) is 4.33. The summed E-state index contributed by atoms with van der Waals surface area (Å²) < 4.78 is 37.0. The van der Waals surface area contributed by atoms with Crippen molar-refractivity contribution in [1.29, 1.82) is 0 Å². The van der Waals surface area contributed by atoms with Crippen LogP contribution in [0.3, 0.4) is 0 Å². The van der Waals surface area contributed by atoms with Gasteiger partial charge in [0.1, 0.15) is 0 Å². The maximum absolute atomic E-state index is 12.4. The van der Waals surface area contributed by atoms with E-state index in [-0.39, 0.29) is 16.7 Å². The molecule has 7 heteroatoms. The molecule has 1 aromatic rings. The van der Waals surface area contributed by atoms with Crippen LogP contribution in [0.15, 0.2) is 16.9 Å². The fourth-order valence-electron chi connectivity index (χ4n) is 1.30. The van der Waals surface area contributed by atoms with Crippen molar-refractivity contribution in [3.8, 4) is 0 Å². The fourth-order valence-corrected chi connectivity index (χ4v) is 1.30. The van der Waals surface area contributed by atoms with Crippen molar-refractivity contribution in [2.24, 2.45) is 0 Å². The molecule has 0 amide bonds. The number of nitrogens with zero attached hydrogens (tertiary/aromatic N) is 1. The van der Waals surface area contributed by atoms with E-state index in [0.717, 1.165) is 6.07 Å². The number of carbonyl (C=O) groups is 1. The van der Waals surface area contributed by atoms with Crippen LogP contribution in [0.1, 0.15) is 23.0 Å². The average molecular weight is 235 g/mol. The van der Waals surface area contributed by atoms with Crippen molar-refractivity contribution < 1.29 is 23.1 Å². The van der Waals surface area contributed by atoms with Crippen molar-refractivity contribution in [3.05, 3.63) is 33.7 Å². The standard InChI is InChI=1S/C9H8F3NO3/c1-2-6-3-5(8(15)16)4-7(14)13(6)9(10,11)12/h3-4H,2H2,1H3,(H,15,16). The Kier molecular flexibility index (Phi) is 3.06. The van der Waals surface area contributed by atoms with Gasteiger partial charge in [0.25, 0.3) is 5.56 Å². The van der Waals surface area contributed by atoms with Crippen LogP contribution < -0.4 is 5.56 Å². The predicted molar refractivity (Wildman–Crippen MR) is 48.3 cm³/mol. The molecule has 0 aromatic carbocycles. The van der Waals surface area contributed by atoms with Gasteiger partial charge < -0.3 is 5.11 Å². The van der Waals surface area contributed by atoms with Crippen molar-refractivity contribution >= 4 is 5.97 Å². The Morgan fingerprint density at radius 1 is 1.44 bits per heavy atom. The molecule has 4 nitrogen and oxygen atoms in total. The molecule has 1 heterocycles. The summed E-state index contributed by atoms with van der Waals surface area (Å²) >= 11 is 0. The number of carboxylic acids is 1. The molecule has 0 saturated carbocycles. The Hall–Kier alpha value is -1.79. The minimum absolute atomic E-state index is 0.0874. The van der Waals surface area contributed by atoms with E-state index >= 15 is 0 Å². The molecule has 0 aliphatic carbocycles. The van der Waals surface area contributed by atoms with E-state index in [1.807, 2.05) is 0 Å². The van der Waals surface area contributed by atoms with Crippen LogP contribution in [0.25, 0.3) is 0 Å². The molecular formula is C9H8F3NO3. The van der Waals surface area contributed by atoms with Gasteiger partial charge in [-0.15, -0.1) is 13.2 Å². The van der Waals surface area contributed by atoms with Crippen molar-refractivity contribution in [3.63, 3.8) is 0 Å². The van der Waals surface area contributed by atoms with Gasteiger partial charge in [-0.2, -0.15) is 0 Å². The molecule has 1 N–H and O–H groups in total. The maximum atomic E-state index is 12.4. The van der Waals surface area contributed by atoms with Crippen LogP contribution in [0.2, 0.25) is 0 Å². The van der Waals surface area contributed by atoms with Crippen LogP contribution in [-0.4, -0.2) is 15.6 Å². The Bertz CT molecular complexity index is 476. The first-order chi connectivity index (χ1) is 7.27. The summed E-state index contributed by atoms with van der Waals surface area (Å²) in [7, 11) is 0. The van der Waals surface area contributed by atoms with Gasteiger partial charge in [-0.25, -0.2) is 9.36 Å². The predicted octanol–water partition coefficient (Wildman–Crippen LogP) is 1.59. The van der Waals surface area contributed by atoms with Gasteiger partial charge in [-0.05, 0) is 12.5 Å². The molecule has 0 saturated heterocycles. The quantitative estimate of drug-likeness (QED) is 0.846. The van der Waals surface area contributed by atoms with Gasteiger partial charge in [0.2, 0.25) is 0 Å². The monoisotopic (exact) mass is 235 g/mol. The molecule has 88 valence electrons. The normalized spacial score (nSPS) is 11.5. The highest BCUT2D eigenvalue weighted by Crippen LogP contribution is 2.22. The summed E-state index contributed by atoms with van der Waals surface area (Å²) in [6.07, 6.45) is -4.92. The van der Waals surface area contributed by atoms with Gasteiger partial charge in [-0.3, -0.25) is 4.79 Å². The second-order valence-corrected chi connectivity index (χ2v) is 3.04. The third-order valence-corrected chi connectivity index (χ3v) is 1.97. The molecule has 0 spiro atoms. The van der Waals surface area contributed by atoms with Gasteiger partial charge in [0.15, 0.2) is 0 Å². The van der Waals surface area contributed by atoms with Gasteiger partial charge in [0.05, 0.1) is 5.56 Å². The fraction of sp³-hybridized carbons (Fsp3) is 0.333. The second kappa shape index (κ2) is 3.99. The summed E-state index contributed by atoms with van der Waals surface area (Å²) in [5.41, 5.74) is -2.20. The van der Waals surface area contributed by atoms with Crippen LogP contribution in [0.4, 0.5) is 13.2 Å². The minimum atomic E-state index is -4.83. The summed E-state index contributed by atoms with van der Waals surface area (Å²) in [5.74, 6) is -1.43. The number of halogens is 3. The lowest BCUT2D eigenvalue weighted by molar-refractivity contribution is -0.207. The van der Waals surface area contributed by atoms with Crippen LogP contribution in [0, 0.1) is 0 Å². The largest absolute Gasteiger partial charge is 0.491 e. The van der Waals surface area contributed by atoms with Crippen molar-refractivity contribution in [2.75, 3.05) is 0 Å². The zero-order valence-corrected chi connectivity index (χ0v) is 8.21. The average Bonchev–Trinajstić information content (AvgIpc) is 2.14. The summed E-state index contributed by atoms with van der Waals surface area (Å²) in [4.78, 5) is 21.7. The van der Waals surface area contributed by atoms with E-state index in [4.69, 9.17) is 5.11 Å². The van der Waals surface area contributed by atoms with Gasteiger partial charge in [0, 0.05) is 11.8 Å². The molecule has 0 unspecified atom stereocenters. The van der Waals surface area contributed by atoms with E-state index in [9.17, 15) is 22.8 Å². The zero-order chi connectivity index (χ0) is 12.5. The lowest BCUT2D eigenvalue weighted by atomic mass is 10.2. The maximum Gasteiger partial charge on any atom is 0.491 e. The molecule has 1 aromatic heterocycles. The highest BCUT2D eigenvalue weighted by molar-refractivity contribution is 5.87.